The number of methoxy groups -OCH3 is 1. The van der Waals surface area contributed by atoms with Gasteiger partial charge in [-0.1, -0.05) is 29.8 Å². The van der Waals surface area contributed by atoms with Gasteiger partial charge in [-0.3, -0.25) is 9.59 Å². The first-order valence-corrected chi connectivity index (χ1v) is 6.43. The van der Waals surface area contributed by atoms with Crippen LogP contribution in [0.1, 0.15) is 20.3 Å². The zero-order valence-electron chi connectivity index (χ0n) is 9.90. The lowest BCUT2D eigenvalue weighted by atomic mass is 9.99. The summed E-state index contributed by atoms with van der Waals surface area (Å²) in [5, 5.41) is 0. The van der Waals surface area contributed by atoms with Crippen molar-refractivity contribution in [3.63, 3.8) is 0 Å². The van der Waals surface area contributed by atoms with Gasteiger partial charge in [-0.25, -0.2) is 0 Å². The van der Waals surface area contributed by atoms with Crippen LogP contribution in [0, 0.1) is 11.8 Å². The van der Waals surface area contributed by atoms with Crippen molar-refractivity contribution in [3.05, 3.63) is 0 Å². The van der Waals surface area contributed by atoms with Gasteiger partial charge in [0.15, 0.2) is 0 Å². The molecule has 4 nitrogen and oxygen atoms in total. The first-order chi connectivity index (χ1) is 7.51. The number of carbonyl (C=O) groups excluding carboxylic acids is 2. The standard InChI is InChI=1S/C11H18BrNO3/c1-4-9(12)10(14)13-5-7(2)8(6-13)11(15)16-3/h7-9H,4-6H2,1-3H3. The Morgan fingerprint density at radius 1 is 1.50 bits per heavy atom. The fourth-order valence-corrected chi connectivity index (χ4v) is 2.27. The van der Waals surface area contributed by atoms with Crippen LogP contribution in [0.5, 0.6) is 0 Å². The normalized spacial score (nSPS) is 26.6. The summed E-state index contributed by atoms with van der Waals surface area (Å²) >= 11 is 3.34. The minimum absolute atomic E-state index is 0.0701. The lowest BCUT2D eigenvalue weighted by Crippen LogP contribution is -2.35. The summed E-state index contributed by atoms with van der Waals surface area (Å²) in [6.45, 7) is 5.05. The summed E-state index contributed by atoms with van der Waals surface area (Å²) in [6.07, 6.45) is 0.757. The molecule has 1 amide bonds. The number of rotatable bonds is 3. The Kier molecular flexibility index (Phi) is 4.77. The van der Waals surface area contributed by atoms with Crippen LogP contribution in [0.25, 0.3) is 0 Å². The predicted molar refractivity (Wildman–Crippen MR) is 64.3 cm³/mol. The molecule has 1 fully saturated rings. The number of hydrogen-bond donors (Lipinski definition) is 0. The monoisotopic (exact) mass is 291 g/mol. The molecule has 5 heteroatoms. The number of esters is 1. The fourth-order valence-electron chi connectivity index (χ4n) is 1.98. The Labute approximate surface area is 104 Å². The molecule has 1 aliphatic heterocycles. The van der Waals surface area contributed by atoms with Crippen molar-refractivity contribution in [3.8, 4) is 0 Å². The van der Waals surface area contributed by atoms with Crippen molar-refractivity contribution >= 4 is 27.8 Å². The maximum atomic E-state index is 11.9. The van der Waals surface area contributed by atoms with Crippen LogP contribution in [0.15, 0.2) is 0 Å². The van der Waals surface area contributed by atoms with E-state index in [0.717, 1.165) is 6.42 Å². The maximum absolute atomic E-state index is 11.9. The second-order valence-electron chi connectivity index (χ2n) is 4.23. The number of carbonyl (C=O) groups is 2. The summed E-state index contributed by atoms with van der Waals surface area (Å²) in [6, 6.07) is 0. The molecule has 0 aromatic rings. The molecule has 0 aromatic carbocycles. The highest BCUT2D eigenvalue weighted by Crippen LogP contribution is 2.25. The third-order valence-electron chi connectivity index (χ3n) is 3.05. The number of amides is 1. The lowest BCUT2D eigenvalue weighted by molar-refractivity contribution is -0.146. The van der Waals surface area contributed by atoms with Gasteiger partial charge in [0.2, 0.25) is 5.91 Å². The van der Waals surface area contributed by atoms with E-state index in [1.807, 2.05) is 13.8 Å². The van der Waals surface area contributed by atoms with Crippen molar-refractivity contribution in [1.82, 2.24) is 4.90 Å². The number of halogens is 1. The molecule has 0 radical (unpaired) electrons. The van der Waals surface area contributed by atoms with Crippen LogP contribution in [0.3, 0.4) is 0 Å². The number of hydrogen-bond acceptors (Lipinski definition) is 3. The molecular weight excluding hydrogens is 274 g/mol. The number of nitrogens with zero attached hydrogens (tertiary/aromatic N) is 1. The molecule has 0 saturated carbocycles. The lowest BCUT2D eigenvalue weighted by Gasteiger charge is -2.18. The Morgan fingerprint density at radius 2 is 2.12 bits per heavy atom. The number of alkyl halides is 1. The van der Waals surface area contributed by atoms with Crippen molar-refractivity contribution in [2.75, 3.05) is 20.2 Å². The smallest absolute Gasteiger partial charge is 0.310 e. The van der Waals surface area contributed by atoms with Crippen LogP contribution >= 0.6 is 15.9 Å². The van der Waals surface area contributed by atoms with Crippen LogP contribution < -0.4 is 0 Å². The molecule has 1 heterocycles. The van der Waals surface area contributed by atoms with E-state index in [9.17, 15) is 9.59 Å². The quantitative estimate of drug-likeness (QED) is 0.584. The third kappa shape index (κ3) is 2.75. The van der Waals surface area contributed by atoms with E-state index in [2.05, 4.69) is 15.9 Å². The van der Waals surface area contributed by atoms with E-state index in [1.165, 1.54) is 7.11 Å². The molecule has 1 rings (SSSR count). The molecule has 16 heavy (non-hydrogen) atoms. The van der Waals surface area contributed by atoms with Gasteiger partial charge in [0, 0.05) is 13.1 Å². The minimum atomic E-state index is -0.217. The van der Waals surface area contributed by atoms with E-state index >= 15 is 0 Å². The van der Waals surface area contributed by atoms with Gasteiger partial charge in [-0.05, 0) is 12.3 Å². The maximum Gasteiger partial charge on any atom is 0.310 e. The van der Waals surface area contributed by atoms with E-state index in [1.54, 1.807) is 4.90 Å². The molecule has 3 atom stereocenters. The third-order valence-corrected chi connectivity index (χ3v) is 4.09. The van der Waals surface area contributed by atoms with Gasteiger partial charge in [0.05, 0.1) is 17.9 Å². The molecule has 0 spiro atoms. The van der Waals surface area contributed by atoms with E-state index < -0.39 is 0 Å². The predicted octanol–water partition coefficient (Wildman–Crippen LogP) is 1.43. The van der Waals surface area contributed by atoms with Gasteiger partial charge >= 0.3 is 5.97 Å². The van der Waals surface area contributed by atoms with Gasteiger partial charge < -0.3 is 9.64 Å². The van der Waals surface area contributed by atoms with Gasteiger partial charge in [0.25, 0.3) is 0 Å². The summed E-state index contributed by atoms with van der Waals surface area (Å²) in [4.78, 5) is 25.0. The second-order valence-corrected chi connectivity index (χ2v) is 5.33. The van der Waals surface area contributed by atoms with Gasteiger partial charge in [-0.2, -0.15) is 0 Å². The Balaban J connectivity index is 2.62. The number of ether oxygens (including phenoxy) is 1. The molecule has 0 bridgehead atoms. The molecule has 0 aliphatic carbocycles. The molecule has 1 aliphatic rings. The van der Waals surface area contributed by atoms with Crippen LogP contribution in [-0.2, 0) is 14.3 Å². The fraction of sp³-hybridized carbons (Fsp3) is 0.818. The minimum Gasteiger partial charge on any atom is -0.469 e. The molecule has 0 N–H and O–H groups in total. The van der Waals surface area contributed by atoms with Crippen LogP contribution in [-0.4, -0.2) is 41.8 Å². The molecule has 92 valence electrons. The van der Waals surface area contributed by atoms with Gasteiger partial charge in [-0.15, -0.1) is 0 Å². The van der Waals surface area contributed by atoms with Gasteiger partial charge in [0.1, 0.15) is 0 Å². The van der Waals surface area contributed by atoms with Crippen LogP contribution in [0.2, 0.25) is 0 Å². The zero-order chi connectivity index (χ0) is 12.3. The Hall–Kier alpha value is -0.580. The topological polar surface area (TPSA) is 46.6 Å². The largest absolute Gasteiger partial charge is 0.469 e. The van der Waals surface area contributed by atoms with E-state index in [0.29, 0.717) is 13.1 Å². The zero-order valence-corrected chi connectivity index (χ0v) is 11.5. The molecule has 0 aromatic heterocycles. The van der Waals surface area contributed by atoms with Crippen molar-refractivity contribution in [1.29, 1.82) is 0 Å². The highest BCUT2D eigenvalue weighted by Gasteiger charge is 2.38. The first-order valence-electron chi connectivity index (χ1n) is 5.51. The van der Waals surface area contributed by atoms with Crippen LogP contribution in [0.4, 0.5) is 0 Å². The summed E-state index contributed by atoms with van der Waals surface area (Å²) < 4.78 is 4.73. The number of likely N-dealkylation sites (tertiary alicyclic amines) is 1. The molecule has 3 unspecified atom stereocenters. The Morgan fingerprint density at radius 3 is 2.62 bits per heavy atom. The summed E-state index contributed by atoms with van der Waals surface area (Å²) in [5.74, 6) is -0.148. The summed E-state index contributed by atoms with van der Waals surface area (Å²) in [5.41, 5.74) is 0. The average molecular weight is 292 g/mol. The van der Waals surface area contributed by atoms with Crippen molar-refractivity contribution < 1.29 is 14.3 Å². The first kappa shape index (κ1) is 13.5. The van der Waals surface area contributed by atoms with Crippen molar-refractivity contribution in [2.45, 2.75) is 25.1 Å². The van der Waals surface area contributed by atoms with E-state index in [4.69, 9.17) is 4.74 Å². The Bertz CT molecular complexity index is 282. The SMILES string of the molecule is CCC(Br)C(=O)N1CC(C)C(C(=O)OC)C1. The molecule has 1 saturated heterocycles. The summed E-state index contributed by atoms with van der Waals surface area (Å²) in [7, 11) is 1.39. The highest BCUT2D eigenvalue weighted by atomic mass is 79.9. The second kappa shape index (κ2) is 5.66. The average Bonchev–Trinajstić information content (AvgIpc) is 2.68. The van der Waals surface area contributed by atoms with E-state index in [-0.39, 0.29) is 28.5 Å². The highest BCUT2D eigenvalue weighted by molar-refractivity contribution is 9.10. The molecular formula is C11H18BrNO3. The van der Waals surface area contributed by atoms with Crippen molar-refractivity contribution in [2.24, 2.45) is 11.8 Å².